The third-order valence-corrected chi connectivity index (χ3v) is 5.60. The van der Waals surface area contributed by atoms with E-state index in [9.17, 15) is 29.4 Å². The molecule has 2 aromatic rings. The minimum Gasteiger partial charge on any atom is -0.380 e. The van der Waals surface area contributed by atoms with Crippen molar-refractivity contribution in [1.82, 2.24) is 31.0 Å². The first kappa shape index (κ1) is 28.9. The Hall–Kier alpha value is -3.32. The van der Waals surface area contributed by atoms with Crippen LogP contribution in [0.4, 0.5) is 0 Å². The van der Waals surface area contributed by atoms with Crippen molar-refractivity contribution in [3.05, 3.63) is 36.0 Å². The van der Waals surface area contributed by atoms with Gasteiger partial charge in [0.25, 0.3) is 11.8 Å². The molecule has 36 heavy (non-hydrogen) atoms. The van der Waals surface area contributed by atoms with Gasteiger partial charge in [-0.3, -0.25) is 24.6 Å². The highest BCUT2D eigenvalue weighted by Crippen LogP contribution is 2.21. The van der Waals surface area contributed by atoms with Crippen LogP contribution in [0.5, 0.6) is 0 Å². The number of carbonyl (C=O) groups excluding carboxylic acids is 4. The minimum absolute atomic E-state index is 0.00190. The lowest BCUT2D eigenvalue weighted by Crippen LogP contribution is -2.50. The molecule has 0 aliphatic rings. The van der Waals surface area contributed by atoms with E-state index in [1.165, 1.54) is 6.92 Å². The number of hydrogen-bond acceptors (Lipinski definition) is 8. The molecule has 3 amide bonds. The van der Waals surface area contributed by atoms with Crippen LogP contribution >= 0.6 is 0 Å². The predicted octanol–water partition coefficient (Wildman–Crippen LogP) is -1.35. The summed E-state index contributed by atoms with van der Waals surface area (Å²) in [7, 11) is 3.77. The molecular formula is C24H36N6O6. The second-order valence-corrected chi connectivity index (χ2v) is 8.45. The second-order valence-electron chi connectivity index (χ2n) is 8.45. The second kappa shape index (κ2) is 14.3. The number of fused-ring (bicyclic) bond motifs is 1. The number of ketones is 1. The van der Waals surface area contributed by atoms with Crippen molar-refractivity contribution in [3.63, 3.8) is 0 Å². The van der Waals surface area contributed by atoms with Crippen LogP contribution in [0.2, 0.25) is 0 Å². The topological polar surface area (TPSA) is 165 Å². The molecule has 0 saturated heterocycles. The minimum atomic E-state index is -1.98. The van der Waals surface area contributed by atoms with Crippen molar-refractivity contribution in [2.45, 2.75) is 45.1 Å². The van der Waals surface area contributed by atoms with Crippen LogP contribution in [0, 0.1) is 0 Å². The maximum absolute atomic E-state index is 12.4. The standard InChI is InChI=1S/C24H36N6O6/c1-16(31)8-10-27-23(35)21(33)22(34)24(36)28-12-11-26-20(32)9-13-30-18(15-29(3)25-2)14-17-6-4-5-7-19(17)30/h4-7,14,21-22,25,33-34H,8-13,15H2,1-3H3,(H,26,32)(H,27,35)(H,28,36). The van der Waals surface area contributed by atoms with Crippen molar-refractivity contribution in [3.8, 4) is 0 Å². The fourth-order valence-electron chi connectivity index (χ4n) is 3.53. The first-order chi connectivity index (χ1) is 17.1. The van der Waals surface area contributed by atoms with Gasteiger partial charge in [-0.2, -0.15) is 0 Å². The average Bonchev–Trinajstić information content (AvgIpc) is 3.20. The van der Waals surface area contributed by atoms with E-state index in [0.29, 0.717) is 13.1 Å². The summed E-state index contributed by atoms with van der Waals surface area (Å²) in [5.41, 5.74) is 5.16. The zero-order valence-corrected chi connectivity index (χ0v) is 20.9. The molecule has 198 valence electrons. The van der Waals surface area contributed by atoms with E-state index in [-0.39, 0.29) is 44.2 Å². The highest BCUT2D eigenvalue weighted by atomic mass is 16.3. The molecule has 6 N–H and O–H groups in total. The maximum atomic E-state index is 12.4. The quantitative estimate of drug-likeness (QED) is 0.128. The van der Waals surface area contributed by atoms with Crippen LogP contribution in [-0.4, -0.2) is 89.2 Å². The molecule has 0 aliphatic carbocycles. The molecule has 2 unspecified atom stereocenters. The highest BCUT2D eigenvalue weighted by Gasteiger charge is 2.29. The van der Waals surface area contributed by atoms with Crippen LogP contribution in [0.25, 0.3) is 10.9 Å². The molecule has 1 aromatic heterocycles. The van der Waals surface area contributed by atoms with Crippen LogP contribution < -0.4 is 21.4 Å². The zero-order chi connectivity index (χ0) is 26.7. The fraction of sp³-hybridized carbons (Fsp3) is 0.500. The summed E-state index contributed by atoms with van der Waals surface area (Å²) in [6, 6.07) is 10.1. The summed E-state index contributed by atoms with van der Waals surface area (Å²) < 4.78 is 2.10. The molecule has 0 aliphatic heterocycles. The summed E-state index contributed by atoms with van der Waals surface area (Å²) in [4.78, 5) is 47.0. The molecule has 2 rings (SSSR count). The van der Waals surface area contributed by atoms with Gasteiger partial charge in [0.05, 0.1) is 6.54 Å². The van der Waals surface area contributed by atoms with Crippen molar-refractivity contribution in [2.24, 2.45) is 0 Å². The van der Waals surface area contributed by atoms with Crippen molar-refractivity contribution in [2.75, 3.05) is 33.7 Å². The van der Waals surface area contributed by atoms with Gasteiger partial charge in [0, 0.05) is 57.3 Å². The summed E-state index contributed by atoms with van der Waals surface area (Å²) in [6.45, 7) is 2.60. The lowest BCUT2D eigenvalue weighted by molar-refractivity contribution is -0.146. The lowest BCUT2D eigenvalue weighted by atomic mass is 10.1. The number of nitrogens with zero attached hydrogens (tertiary/aromatic N) is 2. The Morgan fingerprint density at radius 2 is 1.56 bits per heavy atom. The predicted molar refractivity (Wildman–Crippen MR) is 133 cm³/mol. The summed E-state index contributed by atoms with van der Waals surface area (Å²) in [5.74, 6) is -2.25. The van der Waals surface area contributed by atoms with E-state index in [1.54, 1.807) is 0 Å². The number of aryl methyl sites for hydroxylation is 1. The highest BCUT2D eigenvalue weighted by molar-refractivity contribution is 5.91. The zero-order valence-electron chi connectivity index (χ0n) is 20.9. The van der Waals surface area contributed by atoms with Gasteiger partial charge in [0.2, 0.25) is 5.91 Å². The third-order valence-electron chi connectivity index (χ3n) is 5.60. The molecule has 1 heterocycles. The smallest absolute Gasteiger partial charge is 0.252 e. The summed E-state index contributed by atoms with van der Waals surface area (Å²) in [5, 5.41) is 30.0. The molecule has 0 saturated carbocycles. The Morgan fingerprint density at radius 3 is 2.19 bits per heavy atom. The number of Topliss-reactive ketones (excluding diaryl/α,β-unsaturated/α-hetero) is 1. The number of aromatic nitrogens is 1. The number of amides is 3. The van der Waals surface area contributed by atoms with E-state index in [1.807, 2.05) is 43.4 Å². The average molecular weight is 505 g/mol. The van der Waals surface area contributed by atoms with Crippen molar-refractivity contribution < 1.29 is 29.4 Å². The first-order valence-corrected chi connectivity index (χ1v) is 11.8. The Kier molecular flexibility index (Phi) is 11.5. The Labute approximate surface area is 210 Å². The molecule has 2 atom stereocenters. The summed E-state index contributed by atoms with van der Waals surface area (Å²) >= 11 is 0. The van der Waals surface area contributed by atoms with Gasteiger partial charge in [0.1, 0.15) is 5.78 Å². The molecule has 0 radical (unpaired) electrons. The Morgan fingerprint density at radius 1 is 0.944 bits per heavy atom. The number of para-hydroxylation sites is 1. The van der Waals surface area contributed by atoms with Gasteiger partial charge in [0.15, 0.2) is 12.2 Å². The molecule has 0 bridgehead atoms. The van der Waals surface area contributed by atoms with E-state index in [2.05, 4.69) is 32.0 Å². The number of aliphatic hydroxyl groups excluding tert-OH is 2. The normalized spacial score (nSPS) is 12.8. The Balaban J connectivity index is 1.77. The molecular weight excluding hydrogens is 468 g/mol. The molecule has 0 fully saturated rings. The number of benzene rings is 1. The largest absolute Gasteiger partial charge is 0.380 e. The number of carbonyl (C=O) groups is 4. The van der Waals surface area contributed by atoms with Crippen LogP contribution in [0.3, 0.4) is 0 Å². The number of aliphatic hydroxyl groups is 2. The number of nitrogens with one attached hydrogen (secondary N) is 4. The van der Waals surface area contributed by atoms with E-state index < -0.39 is 24.0 Å². The number of hydrogen-bond donors (Lipinski definition) is 6. The maximum Gasteiger partial charge on any atom is 0.252 e. The lowest BCUT2D eigenvalue weighted by Gasteiger charge is -2.18. The monoisotopic (exact) mass is 504 g/mol. The molecule has 12 nitrogen and oxygen atoms in total. The summed E-state index contributed by atoms with van der Waals surface area (Å²) in [6.07, 6.45) is -3.65. The Bertz CT molecular complexity index is 1050. The first-order valence-electron chi connectivity index (χ1n) is 11.8. The van der Waals surface area contributed by atoms with Crippen LogP contribution in [-0.2, 0) is 32.3 Å². The van der Waals surface area contributed by atoms with E-state index in [0.717, 1.165) is 16.6 Å². The van der Waals surface area contributed by atoms with Gasteiger partial charge in [-0.15, -0.1) is 0 Å². The van der Waals surface area contributed by atoms with Gasteiger partial charge in [-0.1, -0.05) is 18.2 Å². The fourth-order valence-corrected chi connectivity index (χ4v) is 3.53. The van der Waals surface area contributed by atoms with Crippen molar-refractivity contribution in [1.29, 1.82) is 0 Å². The van der Waals surface area contributed by atoms with Gasteiger partial charge in [-0.05, 0) is 31.5 Å². The van der Waals surface area contributed by atoms with Crippen LogP contribution in [0.1, 0.15) is 25.5 Å². The van der Waals surface area contributed by atoms with Crippen molar-refractivity contribution >= 4 is 34.4 Å². The molecule has 1 aromatic carbocycles. The molecule has 12 heteroatoms. The van der Waals surface area contributed by atoms with E-state index in [4.69, 9.17) is 0 Å². The van der Waals surface area contributed by atoms with Gasteiger partial charge >= 0.3 is 0 Å². The van der Waals surface area contributed by atoms with Gasteiger partial charge in [-0.25, -0.2) is 5.01 Å². The number of hydrazine groups is 1. The SMILES string of the molecule is CNN(C)Cc1cc2ccccc2n1CCC(=O)NCCNC(=O)C(O)C(O)C(=O)NCCC(C)=O. The van der Waals surface area contributed by atoms with Gasteiger partial charge < -0.3 is 30.7 Å². The van der Waals surface area contributed by atoms with Crippen LogP contribution in [0.15, 0.2) is 30.3 Å². The number of rotatable bonds is 15. The van der Waals surface area contributed by atoms with E-state index >= 15 is 0 Å². The third kappa shape index (κ3) is 8.72. The molecule has 0 spiro atoms.